The monoisotopic (exact) mass is 274 g/mol. The molecule has 0 aliphatic carbocycles. The highest BCUT2D eigenvalue weighted by Gasteiger charge is 2.14. The van der Waals surface area contributed by atoms with Gasteiger partial charge in [0, 0.05) is 18.8 Å². The van der Waals surface area contributed by atoms with Gasteiger partial charge in [-0.25, -0.2) is 4.98 Å². The Balaban J connectivity index is 1.92. The number of morpholine rings is 1. The Morgan fingerprint density at radius 3 is 2.53 bits per heavy atom. The summed E-state index contributed by atoms with van der Waals surface area (Å²) in [5, 5.41) is 0. The molecule has 1 saturated heterocycles. The van der Waals surface area contributed by atoms with Gasteiger partial charge < -0.3 is 9.64 Å². The molecule has 2 heterocycles. The molecule has 0 saturated carbocycles. The Morgan fingerprint density at radius 1 is 1.11 bits per heavy atom. The number of ether oxygens (including phenoxy) is 1. The topological polar surface area (TPSA) is 43.2 Å². The van der Waals surface area contributed by atoms with Gasteiger partial charge in [0.05, 0.1) is 13.2 Å². The SMILES string of the molecule is S=c1nc(N2CCOCC2)ncn1-c1ccccc1. The van der Waals surface area contributed by atoms with E-state index >= 15 is 0 Å². The van der Waals surface area contributed by atoms with E-state index in [0.717, 1.165) is 18.8 Å². The number of anilines is 1. The standard InChI is InChI=1S/C13H14N4OS/c19-13-15-12(16-6-8-18-9-7-16)14-10-17(13)11-4-2-1-3-5-11/h1-5,10H,6-9H2. The third-order valence-electron chi connectivity index (χ3n) is 3.02. The van der Waals surface area contributed by atoms with E-state index in [0.29, 0.717) is 23.9 Å². The van der Waals surface area contributed by atoms with Crippen molar-refractivity contribution in [3.63, 3.8) is 0 Å². The van der Waals surface area contributed by atoms with Gasteiger partial charge >= 0.3 is 0 Å². The van der Waals surface area contributed by atoms with E-state index in [1.807, 2.05) is 30.3 Å². The van der Waals surface area contributed by atoms with Crippen molar-refractivity contribution in [1.82, 2.24) is 14.5 Å². The molecule has 19 heavy (non-hydrogen) atoms. The van der Waals surface area contributed by atoms with Gasteiger partial charge in [-0.3, -0.25) is 4.57 Å². The second-order valence-corrected chi connectivity index (χ2v) is 4.61. The van der Waals surface area contributed by atoms with Crippen LogP contribution in [0.15, 0.2) is 36.7 Å². The molecule has 1 aliphatic heterocycles. The second-order valence-electron chi connectivity index (χ2n) is 4.24. The molecule has 0 spiro atoms. The van der Waals surface area contributed by atoms with E-state index in [-0.39, 0.29) is 0 Å². The predicted molar refractivity (Wildman–Crippen MR) is 75.2 cm³/mol. The molecule has 1 aromatic heterocycles. The summed E-state index contributed by atoms with van der Waals surface area (Å²) < 4.78 is 7.64. The minimum Gasteiger partial charge on any atom is -0.378 e. The molecular formula is C13H14N4OS. The van der Waals surface area contributed by atoms with Gasteiger partial charge in [0.25, 0.3) is 0 Å². The van der Waals surface area contributed by atoms with Crippen molar-refractivity contribution in [2.45, 2.75) is 0 Å². The van der Waals surface area contributed by atoms with Crippen molar-refractivity contribution in [1.29, 1.82) is 0 Å². The largest absolute Gasteiger partial charge is 0.378 e. The van der Waals surface area contributed by atoms with Crippen LogP contribution in [0.2, 0.25) is 0 Å². The molecule has 2 aromatic rings. The van der Waals surface area contributed by atoms with Crippen LogP contribution >= 0.6 is 12.2 Å². The van der Waals surface area contributed by atoms with Gasteiger partial charge in [-0.15, -0.1) is 0 Å². The maximum Gasteiger partial charge on any atom is 0.229 e. The van der Waals surface area contributed by atoms with Crippen LogP contribution < -0.4 is 4.90 Å². The third kappa shape index (κ3) is 2.64. The Morgan fingerprint density at radius 2 is 1.84 bits per heavy atom. The molecule has 1 aromatic carbocycles. The first-order valence-corrected chi connectivity index (χ1v) is 6.59. The highest BCUT2D eigenvalue weighted by Crippen LogP contribution is 2.11. The minimum absolute atomic E-state index is 0.516. The van der Waals surface area contributed by atoms with Crippen LogP contribution in [-0.4, -0.2) is 40.8 Å². The molecule has 98 valence electrons. The summed E-state index contributed by atoms with van der Waals surface area (Å²) in [6.07, 6.45) is 1.73. The lowest BCUT2D eigenvalue weighted by molar-refractivity contribution is 0.122. The van der Waals surface area contributed by atoms with E-state index < -0.39 is 0 Å². The van der Waals surface area contributed by atoms with Crippen LogP contribution in [0.1, 0.15) is 0 Å². The number of aromatic nitrogens is 3. The summed E-state index contributed by atoms with van der Waals surface area (Å²) in [6, 6.07) is 9.86. The van der Waals surface area contributed by atoms with Crippen molar-refractivity contribution >= 4 is 18.2 Å². The molecule has 0 unspecified atom stereocenters. The molecule has 6 heteroatoms. The lowest BCUT2D eigenvalue weighted by Crippen LogP contribution is -2.37. The van der Waals surface area contributed by atoms with E-state index in [1.165, 1.54) is 0 Å². The van der Waals surface area contributed by atoms with Crippen LogP contribution in [0.3, 0.4) is 0 Å². The number of rotatable bonds is 2. The van der Waals surface area contributed by atoms with E-state index in [1.54, 1.807) is 10.9 Å². The number of nitrogens with zero attached hydrogens (tertiary/aromatic N) is 4. The zero-order chi connectivity index (χ0) is 13.1. The number of hydrogen-bond donors (Lipinski definition) is 0. The van der Waals surface area contributed by atoms with Crippen LogP contribution in [0, 0.1) is 4.77 Å². The van der Waals surface area contributed by atoms with E-state index in [2.05, 4.69) is 14.9 Å². The Kier molecular flexibility index (Phi) is 3.52. The Labute approximate surface area is 116 Å². The molecule has 5 nitrogen and oxygen atoms in total. The zero-order valence-corrected chi connectivity index (χ0v) is 11.2. The second kappa shape index (κ2) is 5.46. The molecular weight excluding hydrogens is 260 g/mol. The first kappa shape index (κ1) is 12.3. The van der Waals surface area contributed by atoms with Crippen molar-refractivity contribution in [2.24, 2.45) is 0 Å². The number of hydrogen-bond acceptors (Lipinski definition) is 5. The molecule has 0 amide bonds. The summed E-state index contributed by atoms with van der Waals surface area (Å²) in [5.74, 6) is 0.681. The van der Waals surface area contributed by atoms with Gasteiger partial charge in [-0.2, -0.15) is 4.98 Å². The molecule has 0 radical (unpaired) electrons. The molecule has 1 aliphatic rings. The Bertz CT molecular complexity index is 608. The molecule has 1 fully saturated rings. The summed E-state index contributed by atoms with van der Waals surface area (Å²) in [6.45, 7) is 3.04. The van der Waals surface area contributed by atoms with Gasteiger partial charge in [0.2, 0.25) is 10.7 Å². The fourth-order valence-electron chi connectivity index (χ4n) is 2.01. The van der Waals surface area contributed by atoms with Crippen molar-refractivity contribution < 1.29 is 4.74 Å². The normalized spacial score (nSPS) is 15.5. The fraction of sp³-hybridized carbons (Fsp3) is 0.308. The lowest BCUT2D eigenvalue weighted by Gasteiger charge is -2.26. The summed E-state index contributed by atoms with van der Waals surface area (Å²) in [7, 11) is 0. The summed E-state index contributed by atoms with van der Waals surface area (Å²) >= 11 is 5.34. The average molecular weight is 274 g/mol. The van der Waals surface area contributed by atoms with Crippen molar-refractivity contribution in [3.8, 4) is 5.69 Å². The highest BCUT2D eigenvalue weighted by atomic mass is 32.1. The van der Waals surface area contributed by atoms with Gasteiger partial charge in [-0.05, 0) is 24.4 Å². The zero-order valence-electron chi connectivity index (χ0n) is 10.4. The first-order valence-electron chi connectivity index (χ1n) is 6.18. The Hall–Kier alpha value is -1.79. The van der Waals surface area contributed by atoms with Crippen LogP contribution in [0.4, 0.5) is 5.95 Å². The van der Waals surface area contributed by atoms with Gasteiger partial charge in [0.1, 0.15) is 6.33 Å². The molecule has 0 N–H and O–H groups in total. The first-order chi connectivity index (χ1) is 9.34. The van der Waals surface area contributed by atoms with E-state index in [4.69, 9.17) is 17.0 Å². The third-order valence-corrected chi connectivity index (χ3v) is 3.31. The molecule has 0 atom stereocenters. The molecule has 3 rings (SSSR count). The van der Waals surface area contributed by atoms with Crippen molar-refractivity contribution in [2.75, 3.05) is 31.2 Å². The smallest absolute Gasteiger partial charge is 0.229 e. The predicted octanol–water partition coefficient (Wildman–Crippen LogP) is 1.83. The number of para-hydroxylation sites is 1. The van der Waals surface area contributed by atoms with Crippen LogP contribution in [-0.2, 0) is 4.74 Å². The van der Waals surface area contributed by atoms with Crippen molar-refractivity contribution in [3.05, 3.63) is 41.4 Å². The van der Waals surface area contributed by atoms with Crippen LogP contribution in [0.5, 0.6) is 0 Å². The quantitative estimate of drug-likeness (QED) is 0.782. The van der Waals surface area contributed by atoms with Crippen LogP contribution in [0.25, 0.3) is 5.69 Å². The van der Waals surface area contributed by atoms with E-state index in [9.17, 15) is 0 Å². The highest BCUT2D eigenvalue weighted by molar-refractivity contribution is 7.71. The average Bonchev–Trinajstić information content (AvgIpc) is 2.49. The summed E-state index contributed by atoms with van der Waals surface area (Å²) in [4.78, 5) is 10.9. The number of benzene rings is 1. The fourth-order valence-corrected chi connectivity index (χ4v) is 2.24. The van der Waals surface area contributed by atoms with Gasteiger partial charge in [-0.1, -0.05) is 18.2 Å². The van der Waals surface area contributed by atoms with Gasteiger partial charge in [0.15, 0.2) is 0 Å². The maximum atomic E-state index is 5.34. The summed E-state index contributed by atoms with van der Waals surface area (Å²) in [5.41, 5.74) is 0.973. The minimum atomic E-state index is 0.516. The molecule has 0 bridgehead atoms. The maximum absolute atomic E-state index is 5.34. The lowest BCUT2D eigenvalue weighted by atomic mass is 10.3.